The minimum atomic E-state index is -0.241. The van der Waals surface area contributed by atoms with Gasteiger partial charge in [0.05, 0.1) is 22.5 Å². The minimum Gasteiger partial charge on any atom is -0.366 e. The SMILES string of the molecule is Cc1ccc2nc(SCC(=O)N3CCN(c4ccccc4F)CC3)c(C#N)cc2c1. The summed E-state index contributed by atoms with van der Waals surface area (Å²) in [5.74, 6) is -0.0176. The number of piperazine rings is 1. The van der Waals surface area contributed by atoms with Crippen molar-refractivity contribution in [1.82, 2.24) is 9.88 Å². The third-order valence-corrected chi connectivity index (χ3v) is 6.19. The Kier molecular flexibility index (Phi) is 5.86. The van der Waals surface area contributed by atoms with E-state index in [9.17, 15) is 14.4 Å². The topological polar surface area (TPSA) is 60.2 Å². The Bertz CT molecular complexity index is 1140. The first-order chi connectivity index (χ1) is 14.5. The Labute approximate surface area is 179 Å². The van der Waals surface area contributed by atoms with Crippen molar-refractivity contribution in [2.75, 3.05) is 36.8 Å². The van der Waals surface area contributed by atoms with E-state index in [0.29, 0.717) is 42.5 Å². The van der Waals surface area contributed by atoms with Gasteiger partial charge in [-0.2, -0.15) is 5.26 Å². The fourth-order valence-electron chi connectivity index (χ4n) is 3.59. The highest BCUT2D eigenvalue weighted by Gasteiger charge is 2.23. The van der Waals surface area contributed by atoms with Gasteiger partial charge < -0.3 is 9.80 Å². The van der Waals surface area contributed by atoms with Crippen LogP contribution in [0.4, 0.5) is 10.1 Å². The van der Waals surface area contributed by atoms with Crippen LogP contribution in [-0.4, -0.2) is 47.7 Å². The number of hydrogen-bond acceptors (Lipinski definition) is 5. The lowest BCUT2D eigenvalue weighted by atomic mass is 10.1. The van der Waals surface area contributed by atoms with Crippen molar-refractivity contribution < 1.29 is 9.18 Å². The number of hydrogen-bond donors (Lipinski definition) is 0. The van der Waals surface area contributed by atoms with Crippen molar-refractivity contribution in [2.24, 2.45) is 0 Å². The average Bonchev–Trinajstić information content (AvgIpc) is 2.77. The summed E-state index contributed by atoms with van der Waals surface area (Å²) in [4.78, 5) is 21.0. The summed E-state index contributed by atoms with van der Waals surface area (Å²) < 4.78 is 14.0. The standard InChI is InChI=1S/C23H21FN4OS/c1-16-6-7-20-17(12-16)13-18(14-25)23(26-20)30-15-22(29)28-10-8-27(9-11-28)21-5-3-2-4-19(21)24/h2-7,12-13H,8-11,15H2,1H3. The van der Waals surface area contributed by atoms with Gasteiger partial charge >= 0.3 is 0 Å². The molecule has 3 aromatic rings. The molecule has 1 fully saturated rings. The molecular formula is C23H21FN4OS. The number of carbonyl (C=O) groups is 1. The van der Waals surface area contributed by atoms with Crippen LogP contribution in [0.3, 0.4) is 0 Å². The highest BCUT2D eigenvalue weighted by Crippen LogP contribution is 2.26. The molecule has 152 valence electrons. The molecule has 4 rings (SSSR count). The number of benzene rings is 2. The lowest BCUT2D eigenvalue weighted by Crippen LogP contribution is -2.49. The van der Waals surface area contributed by atoms with E-state index in [-0.39, 0.29) is 17.5 Å². The second kappa shape index (κ2) is 8.72. The number of halogens is 1. The molecule has 0 radical (unpaired) electrons. The van der Waals surface area contributed by atoms with Gasteiger partial charge in [0.1, 0.15) is 16.9 Å². The Morgan fingerprint density at radius 2 is 1.93 bits per heavy atom. The summed E-state index contributed by atoms with van der Waals surface area (Å²) in [6, 6.07) is 16.6. The molecule has 1 saturated heterocycles. The van der Waals surface area contributed by atoms with Crippen LogP contribution in [0.25, 0.3) is 10.9 Å². The number of nitriles is 1. The molecule has 0 spiro atoms. The number of pyridine rings is 1. The molecule has 0 atom stereocenters. The van der Waals surface area contributed by atoms with Crippen LogP contribution in [0.2, 0.25) is 0 Å². The zero-order valence-electron chi connectivity index (χ0n) is 16.6. The highest BCUT2D eigenvalue weighted by atomic mass is 32.2. The lowest BCUT2D eigenvalue weighted by molar-refractivity contribution is -0.128. The van der Waals surface area contributed by atoms with E-state index in [1.165, 1.54) is 17.8 Å². The molecule has 5 nitrogen and oxygen atoms in total. The van der Waals surface area contributed by atoms with Crippen LogP contribution in [0.15, 0.2) is 53.6 Å². The van der Waals surface area contributed by atoms with E-state index < -0.39 is 0 Å². The third-order valence-electron chi connectivity index (χ3n) is 5.21. The van der Waals surface area contributed by atoms with E-state index in [1.807, 2.05) is 42.2 Å². The van der Waals surface area contributed by atoms with Gasteiger partial charge in [0.2, 0.25) is 5.91 Å². The van der Waals surface area contributed by atoms with Crippen LogP contribution < -0.4 is 4.90 Å². The zero-order chi connectivity index (χ0) is 21.1. The number of aromatic nitrogens is 1. The van der Waals surface area contributed by atoms with Gasteiger partial charge in [-0.3, -0.25) is 4.79 Å². The van der Waals surface area contributed by atoms with Crippen molar-refractivity contribution in [2.45, 2.75) is 11.9 Å². The van der Waals surface area contributed by atoms with Gasteiger partial charge in [0.25, 0.3) is 0 Å². The quantitative estimate of drug-likeness (QED) is 0.597. The number of anilines is 1. The van der Waals surface area contributed by atoms with Crippen molar-refractivity contribution in [1.29, 1.82) is 5.26 Å². The summed E-state index contributed by atoms with van der Waals surface area (Å²) in [6.45, 7) is 4.27. The summed E-state index contributed by atoms with van der Waals surface area (Å²) in [7, 11) is 0. The van der Waals surface area contributed by atoms with Crippen LogP contribution >= 0.6 is 11.8 Å². The fraction of sp³-hybridized carbons (Fsp3) is 0.261. The van der Waals surface area contributed by atoms with Gasteiger partial charge in [0, 0.05) is 31.6 Å². The van der Waals surface area contributed by atoms with Gasteiger partial charge in [-0.1, -0.05) is 35.5 Å². The normalized spacial score (nSPS) is 14.0. The first-order valence-corrected chi connectivity index (χ1v) is 10.8. The lowest BCUT2D eigenvalue weighted by Gasteiger charge is -2.36. The monoisotopic (exact) mass is 420 g/mol. The maximum absolute atomic E-state index is 14.0. The molecule has 1 aromatic heterocycles. The van der Waals surface area contributed by atoms with Gasteiger partial charge in [-0.25, -0.2) is 9.37 Å². The molecule has 0 bridgehead atoms. The summed E-state index contributed by atoms with van der Waals surface area (Å²) >= 11 is 1.29. The second-order valence-corrected chi connectivity index (χ2v) is 8.22. The smallest absolute Gasteiger partial charge is 0.233 e. The molecular weight excluding hydrogens is 399 g/mol. The summed E-state index contributed by atoms with van der Waals surface area (Å²) in [5, 5.41) is 11.0. The molecule has 1 aliphatic heterocycles. The van der Waals surface area contributed by atoms with E-state index in [1.54, 1.807) is 17.0 Å². The van der Waals surface area contributed by atoms with Crippen molar-refractivity contribution in [3.63, 3.8) is 0 Å². The first kappa shape index (κ1) is 20.2. The summed E-state index contributed by atoms with van der Waals surface area (Å²) in [5.41, 5.74) is 2.98. The van der Waals surface area contributed by atoms with Crippen molar-refractivity contribution >= 4 is 34.3 Å². The second-order valence-electron chi connectivity index (χ2n) is 7.26. The van der Waals surface area contributed by atoms with Gasteiger partial charge in [0.15, 0.2) is 0 Å². The Morgan fingerprint density at radius 3 is 2.67 bits per heavy atom. The predicted molar refractivity (Wildman–Crippen MR) is 117 cm³/mol. The first-order valence-electron chi connectivity index (χ1n) is 9.77. The Balaban J connectivity index is 1.39. The van der Waals surface area contributed by atoms with Gasteiger partial charge in [-0.05, 0) is 37.3 Å². The van der Waals surface area contributed by atoms with Crippen LogP contribution in [0.1, 0.15) is 11.1 Å². The van der Waals surface area contributed by atoms with Crippen LogP contribution in [-0.2, 0) is 4.79 Å². The molecule has 0 N–H and O–H groups in total. The van der Waals surface area contributed by atoms with E-state index in [0.717, 1.165) is 16.5 Å². The number of para-hydroxylation sites is 1. The van der Waals surface area contributed by atoms with Crippen LogP contribution in [0.5, 0.6) is 0 Å². The third kappa shape index (κ3) is 4.24. The average molecular weight is 421 g/mol. The number of amides is 1. The largest absolute Gasteiger partial charge is 0.366 e. The Morgan fingerprint density at radius 1 is 1.17 bits per heavy atom. The van der Waals surface area contributed by atoms with Gasteiger partial charge in [-0.15, -0.1) is 0 Å². The van der Waals surface area contributed by atoms with Crippen molar-refractivity contribution in [3.8, 4) is 6.07 Å². The zero-order valence-corrected chi connectivity index (χ0v) is 17.5. The number of rotatable bonds is 4. The minimum absolute atomic E-state index is 0.00266. The molecule has 1 aliphatic rings. The molecule has 30 heavy (non-hydrogen) atoms. The molecule has 2 heterocycles. The Hall–Kier alpha value is -3.11. The maximum atomic E-state index is 14.0. The molecule has 0 unspecified atom stereocenters. The molecule has 1 amide bonds. The molecule has 7 heteroatoms. The molecule has 0 saturated carbocycles. The maximum Gasteiger partial charge on any atom is 0.233 e. The molecule has 2 aromatic carbocycles. The summed E-state index contributed by atoms with van der Waals surface area (Å²) in [6.07, 6.45) is 0. The number of fused-ring (bicyclic) bond motifs is 1. The number of aryl methyl sites for hydroxylation is 1. The number of carbonyl (C=O) groups excluding carboxylic acids is 1. The van der Waals surface area contributed by atoms with Crippen LogP contribution in [0, 0.1) is 24.1 Å². The predicted octanol–water partition coefficient (Wildman–Crippen LogP) is 3.99. The number of nitrogens with zero attached hydrogens (tertiary/aromatic N) is 4. The highest BCUT2D eigenvalue weighted by molar-refractivity contribution is 8.00. The van der Waals surface area contributed by atoms with E-state index in [4.69, 9.17) is 0 Å². The van der Waals surface area contributed by atoms with E-state index in [2.05, 4.69) is 11.1 Å². The fourth-order valence-corrected chi connectivity index (χ4v) is 4.46. The van der Waals surface area contributed by atoms with Crippen molar-refractivity contribution in [3.05, 3.63) is 65.5 Å². The van der Waals surface area contributed by atoms with E-state index >= 15 is 0 Å². The number of thioether (sulfide) groups is 1. The molecule has 0 aliphatic carbocycles.